The Morgan fingerprint density at radius 3 is 2.88 bits per heavy atom. The van der Waals surface area contributed by atoms with Gasteiger partial charge in [-0.2, -0.15) is 0 Å². The third-order valence-electron chi connectivity index (χ3n) is 2.18. The molecule has 2 rings (SSSR count). The Kier molecular flexibility index (Phi) is 2.66. The number of hydrogen-bond donors (Lipinski definition) is 1. The van der Waals surface area contributed by atoms with E-state index in [1.165, 1.54) is 13.1 Å². The molecule has 1 amide bonds. The second-order valence-electron chi connectivity index (χ2n) is 3.18. The van der Waals surface area contributed by atoms with Crippen molar-refractivity contribution in [3.05, 3.63) is 45.3 Å². The van der Waals surface area contributed by atoms with Gasteiger partial charge in [0.2, 0.25) is 0 Å². The Bertz CT molecular complexity index is 618. The Hall–Kier alpha value is -1.81. The maximum Gasteiger partial charge on any atom is 0.349 e. The highest BCUT2D eigenvalue weighted by Crippen LogP contribution is 2.22. The molecule has 0 spiro atoms. The average Bonchev–Trinajstić information content (AvgIpc) is 2.29. The minimum atomic E-state index is -0.694. The van der Waals surface area contributed by atoms with Crippen molar-refractivity contribution >= 4 is 28.5 Å². The second kappa shape index (κ2) is 3.98. The molecule has 1 aromatic carbocycles. The van der Waals surface area contributed by atoms with Crippen LogP contribution < -0.4 is 10.9 Å². The lowest BCUT2D eigenvalue weighted by Gasteiger charge is -2.01. The van der Waals surface area contributed by atoms with E-state index in [1.54, 1.807) is 18.2 Å². The molecule has 1 aromatic heterocycles. The fourth-order valence-electron chi connectivity index (χ4n) is 1.40. The molecular formula is C11H8ClNO3. The van der Waals surface area contributed by atoms with Crippen LogP contribution in [0, 0.1) is 0 Å². The highest BCUT2D eigenvalue weighted by Gasteiger charge is 2.12. The topological polar surface area (TPSA) is 59.3 Å². The van der Waals surface area contributed by atoms with E-state index in [0.717, 1.165) is 0 Å². The van der Waals surface area contributed by atoms with Crippen molar-refractivity contribution in [2.24, 2.45) is 0 Å². The van der Waals surface area contributed by atoms with Gasteiger partial charge in [-0.05, 0) is 12.1 Å². The lowest BCUT2D eigenvalue weighted by atomic mass is 10.2. The van der Waals surface area contributed by atoms with Crippen LogP contribution in [0.15, 0.2) is 33.5 Å². The van der Waals surface area contributed by atoms with Crippen LogP contribution in [-0.2, 0) is 0 Å². The summed E-state index contributed by atoms with van der Waals surface area (Å²) in [5, 5.41) is 3.33. The van der Waals surface area contributed by atoms with Crippen LogP contribution in [0.25, 0.3) is 11.0 Å². The van der Waals surface area contributed by atoms with Gasteiger partial charge in [-0.25, -0.2) is 4.79 Å². The molecule has 5 heteroatoms. The average molecular weight is 238 g/mol. The monoisotopic (exact) mass is 237 g/mol. The number of para-hydroxylation sites is 1. The molecule has 0 saturated carbocycles. The molecule has 4 nitrogen and oxygen atoms in total. The van der Waals surface area contributed by atoms with Crippen molar-refractivity contribution in [2.45, 2.75) is 0 Å². The van der Waals surface area contributed by atoms with Gasteiger partial charge in [-0.3, -0.25) is 4.79 Å². The number of carbonyl (C=O) groups excluding carboxylic acids is 1. The molecule has 0 aliphatic heterocycles. The van der Waals surface area contributed by atoms with E-state index >= 15 is 0 Å². The highest BCUT2D eigenvalue weighted by molar-refractivity contribution is 6.34. The van der Waals surface area contributed by atoms with E-state index in [-0.39, 0.29) is 5.56 Å². The van der Waals surface area contributed by atoms with Crippen LogP contribution >= 0.6 is 11.6 Å². The van der Waals surface area contributed by atoms with E-state index in [9.17, 15) is 9.59 Å². The quantitative estimate of drug-likeness (QED) is 0.770. The van der Waals surface area contributed by atoms with Crippen molar-refractivity contribution in [1.82, 2.24) is 5.32 Å². The van der Waals surface area contributed by atoms with Crippen LogP contribution in [0.4, 0.5) is 0 Å². The van der Waals surface area contributed by atoms with Crippen molar-refractivity contribution < 1.29 is 9.21 Å². The third kappa shape index (κ3) is 1.67. The van der Waals surface area contributed by atoms with Crippen LogP contribution in [0.2, 0.25) is 5.02 Å². The summed E-state index contributed by atoms with van der Waals surface area (Å²) in [5.74, 6) is -0.476. The largest absolute Gasteiger partial charge is 0.421 e. The molecule has 0 saturated heterocycles. The first-order valence-electron chi connectivity index (χ1n) is 4.58. The number of rotatable bonds is 1. The van der Waals surface area contributed by atoms with Gasteiger partial charge in [-0.15, -0.1) is 0 Å². The Balaban J connectivity index is 2.78. The van der Waals surface area contributed by atoms with Gasteiger partial charge in [0.15, 0.2) is 5.58 Å². The van der Waals surface area contributed by atoms with Crippen molar-refractivity contribution in [3.8, 4) is 0 Å². The summed E-state index contributed by atoms with van der Waals surface area (Å²) < 4.78 is 5.00. The molecule has 1 N–H and O–H groups in total. The van der Waals surface area contributed by atoms with Gasteiger partial charge >= 0.3 is 5.63 Å². The zero-order chi connectivity index (χ0) is 11.7. The first-order valence-corrected chi connectivity index (χ1v) is 4.95. The first kappa shape index (κ1) is 10.7. The molecule has 0 aliphatic rings. The number of carbonyl (C=O) groups is 1. The minimum Gasteiger partial charge on any atom is -0.421 e. The molecule has 0 unspecified atom stereocenters. The van der Waals surface area contributed by atoms with Crippen LogP contribution in [0.5, 0.6) is 0 Å². The maximum atomic E-state index is 11.5. The van der Waals surface area contributed by atoms with E-state index in [2.05, 4.69) is 5.32 Å². The number of fused-ring (bicyclic) bond motifs is 1. The fraction of sp³-hybridized carbons (Fsp3) is 0.0909. The number of benzene rings is 1. The molecule has 82 valence electrons. The van der Waals surface area contributed by atoms with E-state index in [4.69, 9.17) is 16.0 Å². The van der Waals surface area contributed by atoms with E-state index < -0.39 is 11.5 Å². The van der Waals surface area contributed by atoms with Crippen molar-refractivity contribution in [2.75, 3.05) is 7.05 Å². The SMILES string of the molecule is CNC(=O)c1cc2cccc(Cl)c2oc1=O. The normalized spacial score (nSPS) is 10.4. The van der Waals surface area contributed by atoms with Crippen molar-refractivity contribution in [1.29, 1.82) is 0 Å². The summed E-state index contributed by atoms with van der Waals surface area (Å²) in [6.45, 7) is 0. The van der Waals surface area contributed by atoms with Gasteiger partial charge in [-0.1, -0.05) is 23.7 Å². The summed E-state index contributed by atoms with van der Waals surface area (Å²) >= 11 is 5.86. The molecule has 0 fully saturated rings. The van der Waals surface area contributed by atoms with Gasteiger partial charge in [0, 0.05) is 12.4 Å². The predicted octanol–water partition coefficient (Wildman–Crippen LogP) is 1.81. The van der Waals surface area contributed by atoms with Crippen LogP contribution in [0.1, 0.15) is 10.4 Å². The molecule has 16 heavy (non-hydrogen) atoms. The first-order chi connectivity index (χ1) is 7.63. The second-order valence-corrected chi connectivity index (χ2v) is 3.59. The summed E-state index contributed by atoms with van der Waals surface area (Å²) in [6, 6.07) is 6.52. The van der Waals surface area contributed by atoms with Crippen LogP contribution in [-0.4, -0.2) is 13.0 Å². The lowest BCUT2D eigenvalue weighted by Crippen LogP contribution is -2.24. The summed E-state index contributed by atoms with van der Waals surface area (Å²) in [6.07, 6.45) is 0. The fourth-order valence-corrected chi connectivity index (χ4v) is 1.62. The lowest BCUT2D eigenvalue weighted by molar-refractivity contribution is 0.0959. The van der Waals surface area contributed by atoms with E-state index in [0.29, 0.717) is 16.0 Å². The van der Waals surface area contributed by atoms with E-state index in [1.807, 2.05) is 0 Å². The zero-order valence-corrected chi connectivity index (χ0v) is 9.17. The predicted molar refractivity (Wildman–Crippen MR) is 60.9 cm³/mol. The molecule has 1 heterocycles. The Labute approximate surface area is 95.8 Å². The van der Waals surface area contributed by atoms with Crippen LogP contribution in [0.3, 0.4) is 0 Å². The molecule has 0 bridgehead atoms. The molecular weight excluding hydrogens is 230 g/mol. The maximum absolute atomic E-state index is 11.5. The number of amides is 1. The van der Waals surface area contributed by atoms with Gasteiger partial charge < -0.3 is 9.73 Å². The summed E-state index contributed by atoms with van der Waals surface area (Å²) in [5.41, 5.74) is -0.431. The summed E-state index contributed by atoms with van der Waals surface area (Å²) in [7, 11) is 1.45. The van der Waals surface area contributed by atoms with Gasteiger partial charge in [0.05, 0.1) is 5.02 Å². The molecule has 0 aliphatic carbocycles. The Morgan fingerprint density at radius 2 is 2.19 bits per heavy atom. The molecule has 0 atom stereocenters. The highest BCUT2D eigenvalue weighted by atomic mass is 35.5. The minimum absolute atomic E-state index is 0.0303. The third-order valence-corrected chi connectivity index (χ3v) is 2.48. The zero-order valence-electron chi connectivity index (χ0n) is 8.41. The Morgan fingerprint density at radius 1 is 1.44 bits per heavy atom. The van der Waals surface area contributed by atoms with Crippen molar-refractivity contribution in [3.63, 3.8) is 0 Å². The summed E-state index contributed by atoms with van der Waals surface area (Å²) in [4.78, 5) is 22.9. The number of hydrogen-bond acceptors (Lipinski definition) is 3. The number of nitrogens with one attached hydrogen (secondary N) is 1. The molecule has 2 aromatic rings. The van der Waals surface area contributed by atoms with Gasteiger partial charge in [0.25, 0.3) is 5.91 Å². The standard InChI is InChI=1S/C11H8ClNO3/c1-13-10(14)7-5-6-3-2-4-8(12)9(6)16-11(7)15/h2-5H,1H3,(H,13,14). The molecule has 0 radical (unpaired) electrons. The smallest absolute Gasteiger partial charge is 0.349 e. The number of halogens is 1. The van der Waals surface area contributed by atoms with Gasteiger partial charge in [0.1, 0.15) is 5.56 Å².